The van der Waals surface area contributed by atoms with Crippen LogP contribution in [0, 0.1) is 5.92 Å². The highest BCUT2D eigenvalue weighted by atomic mass is 35.5. The summed E-state index contributed by atoms with van der Waals surface area (Å²) in [6, 6.07) is 3.47. The van der Waals surface area contributed by atoms with E-state index in [4.69, 9.17) is 26.8 Å². The van der Waals surface area contributed by atoms with Gasteiger partial charge in [0.25, 0.3) is 5.91 Å². The first-order valence-electron chi connectivity index (χ1n) is 10.5. The van der Waals surface area contributed by atoms with E-state index < -0.39 is 0 Å². The Morgan fingerprint density at radius 1 is 1.17 bits per heavy atom. The molecule has 1 amide bonds. The largest absolute Gasteiger partial charge is 0.496 e. The predicted molar refractivity (Wildman–Crippen MR) is 117 cm³/mol. The number of ether oxygens (including phenoxy) is 2. The van der Waals surface area contributed by atoms with Crippen LogP contribution in [-0.4, -0.2) is 62.1 Å². The van der Waals surface area contributed by atoms with Gasteiger partial charge in [0.1, 0.15) is 11.5 Å². The molecule has 2 unspecified atom stereocenters. The van der Waals surface area contributed by atoms with Crippen molar-refractivity contribution in [1.82, 2.24) is 10.2 Å². The topological polar surface area (TPSA) is 93.9 Å². The van der Waals surface area contributed by atoms with E-state index in [-0.39, 0.29) is 24.0 Å². The Bertz CT molecular complexity index is 780. The van der Waals surface area contributed by atoms with Crippen molar-refractivity contribution in [3.8, 4) is 5.75 Å². The van der Waals surface area contributed by atoms with E-state index in [0.717, 1.165) is 45.2 Å². The van der Waals surface area contributed by atoms with E-state index in [1.807, 2.05) is 0 Å². The molecule has 0 spiro atoms. The Hall–Kier alpha value is -1.83. The lowest BCUT2D eigenvalue weighted by Crippen LogP contribution is -2.57. The first-order valence-corrected chi connectivity index (χ1v) is 10.9. The maximum Gasteiger partial charge on any atom is 0.255 e. The summed E-state index contributed by atoms with van der Waals surface area (Å²) in [6.45, 7) is 3.35. The van der Waals surface area contributed by atoms with Crippen LogP contribution in [0.1, 0.15) is 49.4 Å². The number of piperidine rings is 1. The standard InChI is InChI=1S/C22H32ClN3O4/c1-13(27)14-4-6-15(7-5-14)26-9-8-19(21(12-26)30-3)25-22(28)16-10-17(23)18(24)11-20(16)29-2/h10-11,14-15,19,21H,4-9,12,24H2,1-3H3,(H,25,28). The molecule has 1 aromatic carbocycles. The number of anilines is 1. The Morgan fingerprint density at radius 3 is 2.47 bits per heavy atom. The average molecular weight is 438 g/mol. The van der Waals surface area contributed by atoms with Crippen molar-refractivity contribution < 1.29 is 19.1 Å². The average Bonchev–Trinajstić information content (AvgIpc) is 2.75. The van der Waals surface area contributed by atoms with Crippen LogP contribution in [0.2, 0.25) is 5.02 Å². The lowest BCUT2D eigenvalue weighted by molar-refractivity contribution is -0.122. The number of likely N-dealkylation sites (tertiary alicyclic amines) is 1. The second-order valence-corrected chi connectivity index (χ2v) is 8.74. The number of ketones is 1. The minimum Gasteiger partial charge on any atom is -0.496 e. The molecule has 2 atom stereocenters. The molecule has 3 N–H and O–H groups in total. The van der Waals surface area contributed by atoms with Gasteiger partial charge in [-0.05, 0) is 45.1 Å². The van der Waals surface area contributed by atoms with E-state index in [1.165, 1.54) is 13.2 Å². The fraction of sp³-hybridized carbons (Fsp3) is 0.636. The fourth-order valence-electron chi connectivity index (χ4n) is 4.69. The summed E-state index contributed by atoms with van der Waals surface area (Å²) in [5.74, 6) is 0.667. The van der Waals surface area contributed by atoms with Gasteiger partial charge in [0, 0.05) is 38.2 Å². The Kier molecular flexibility index (Phi) is 7.60. The number of hydrogen-bond donors (Lipinski definition) is 2. The number of carbonyl (C=O) groups excluding carboxylic acids is 2. The van der Waals surface area contributed by atoms with Gasteiger partial charge in [0.2, 0.25) is 0 Å². The Balaban J connectivity index is 1.62. The van der Waals surface area contributed by atoms with Crippen LogP contribution in [-0.2, 0) is 9.53 Å². The number of rotatable bonds is 6. The maximum atomic E-state index is 12.9. The number of amides is 1. The first kappa shape index (κ1) is 22.8. The fourth-order valence-corrected chi connectivity index (χ4v) is 4.85. The molecule has 2 aliphatic rings. The van der Waals surface area contributed by atoms with Gasteiger partial charge in [-0.1, -0.05) is 11.6 Å². The zero-order valence-corrected chi connectivity index (χ0v) is 18.7. The van der Waals surface area contributed by atoms with E-state index in [9.17, 15) is 9.59 Å². The molecule has 1 heterocycles. The van der Waals surface area contributed by atoms with E-state index in [0.29, 0.717) is 33.8 Å². The van der Waals surface area contributed by atoms with E-state index >= 15 is 0 Å². The molecule has 1 aliphatic heterocycles. The molecule has 1 saturated carbocycles. The van der Waals surface area contributed by atoms with Gasteiger partial charge in [0.05, 0.1) is 35.5 Å². The van der Waals surface area contributed by atoms with Crippen LogP contribution in [0.3, 0.4) is 0 Å². The van der Waals surface area contributed by atoms with Crippen molar-refractivity contribution in [3.05, 3.63) is 22.7 Å². The summed E-state index contributed by atoms with van der Waals surface area (Å²) in [7, 11) is 3.18. The highest BCUT2D eigenvalue weighted by Crippen LogP contribution is 2.31. The highest BCUT2D eigenvalue weighted by molar-refractivity contribution is 6.33. The molecule has 0 bridgehead atoms. The van der Waals surface area contributed by atoms with Gasteiger partial charge in [-0.3, -0.25) is 14.5 Å². The van der Waals surface area contributed by atoms with Crippen molar-refractivity contribution in [2.75, 3.05) is 33.0 Å². The molecule has 0 radical (unpaired) electrons. The lowest BCUT2D eigenvalue weighted by atomic mass is 9.82. The molecule has 7 nitrogen and oxygen atoms in total. The molecule has 1 saturated heterocycles. The molecule has 3 rings (SSSR count). The number of benzene rings is 1. The summed E-state index contributed by atoms with van der Waals surface area (Å²) < 4.78 is 11.0. The molecule has 1 aromatic rings. The third kappa shape index (κ3) is 5.07. The van der Waals surface area contributed by atoms with Gasteiger partial charge in [-0.25, -0.2) is 0 Å². The van der Waals surface area contributed by atoms with Crippen LogP contribution in [0.15, 0.2) is 12.1 Å². The predicted octanol–water partition coefficient (Wildman–Crippen LogP) is 2.90. The van der Waals surface area contributed by atoms with Gasteiger partial charge in [-0.15, -0.1) is 0 Å². The van der Waals surface area contributed by atoms with Gasteiger partial charge >= 0.3 is 0 Å². The smallest absolute Gasteiger partial charge is 0.255 e. The SMILES string of the molecule is COc1cc(N)c(Cl)cc1C(=O)NC1CCN(C2CCC(C(C)=O)CC2)CC1OC. The molecule has 166 valence electrons. The summed E-state index contributed by atoms with van der Waals surface area (Å²) in [4.78, 5) is 27.0. The molecular weight excluding hydrogens is 406 g/mol. The zero-order chi connectivity index (χ0) is 21.8. The number of methoxy groups -OCH3 is 2. The van der Waals surface area contributed by atoms with Gasteiger partial charge in [-0.2, -0.15) is 0 Å². The number of nitrogens with one attached hydrogen (secondary N) is 1. The monoisotopic (exact) mass is 437 g/mol. The van der Waals surface area contributed by atoms with Crippen molar-refractivity contribution in [3.63, 3.8) is 0 Å². The van der Waals surface area contributed by atoms with Crippen molar-refractivity contribution >= 4 is 29.0 Å². The summed E-state index contributed by atoms with van der Waals surface area (Å²) >= 11 is 6.11. The third-order valence-electron chi connectivity index (χ3n) is 6.56. The number of Topliss-reactive ketones (excluding diaryl/α,β-unsaturated/α-hetero) is 1. The van der Waals surface area contributed by atoms with Gasteiger partial charge in [0.15, 0.2) is 0 Å². The normalized spacial score (nSPS) is 27.5. The molecule has 2 fully saturated rings. The lowest BCUT2D eigenvalue weighted by Gasteiger charge is -2.43. The minimum absolute atomic E-state index is 0.103. The van der Waals surface area contributed by atoms with E-state index in [2.05, 4.69) is 10.2 Å². The molecule has 0 aromatic heterocycles. The Labute approximate surface area is 183 Å². The molecular formula is C22H32ClN3O4. The van der Waals surface area contributed by atoms with Crippen LogP contribution in [0.25, 0.3) is 0 Å². The van der Waals surface area contributed by atoms with Gasteiger partial charge < -0.3 is 20.5 Å². The molecule has 8 heteroatoms. The Morgan fingerprint density at radius 2 is 1.87 bits per heavy atom. The number of carbonyl (C=O) groups is 2. The van der Waals surface area contributed by atoms with Crippen LogP contribution in [0.4, 0.5) is 5.69 Å². The second-order valence-electron chi connectivity index (χ2n) is 8.33. The van der Waals surface area contributed by atoms with Crippen molar-refractivity contribution in [2.45, 2.75) is 57.2 Å². The van der Waals surface area contributed by atoms with Crippen molar-refractivity contribution in [1.29, 1.82) is 0 Å². The molecule has 30 heavy (non-hydrogen) atoms. The third-order valence-corrected chi connectivity index (χ3v) is 6.89. The maximum absolute atomic E-state index is 12.9. The number of halogens is 1. The quantitative estimate of drug-likeness (QED) is 0.664. The van der Waals surface area contributed by atoms with Crippen LogP contribution < -0.4 is 15.8 Å². The van der Waals surface area contributed by atoms with E-state index in [1.54, 1.807) is 20.1 Å². The summed E-state index contributed by atoms with van der Waals surface area (Å²) in [5, 5.41) is 3.41. The number of nitrogens with two attached hydrogens (primary N) is 1. The molecule has 1 aliphatic carbocycles. The summed E-state index contributed by atoms with van der Waals surface area (Å²) in [6.07, 6.45) is 4.70. The zero-order valence-electron chi connectivity index (χ0n) is 17.9. The highest BCUT2D eigenvalue weighted by Gasteiger charge is 2.36. The van der Waals surface area contributed by atoms with Crippen molar-refractivity contribution in [2.24, 2.45) is 5.92 Å². The first-order chi connectivity index (χ1) is 14.3. The minimum atomic E-state index is -0.254. The second kappa shape index (κ2) is 9.98. The summed E-state index contributed by atoms with van der Waals surface area (Å²) in [5.41, 5.74) is 6.54. The number of nitrogens with zero attached hydrogens (tertiary/aromatic N) is 1. The van der Waals surface area contributed by atoms with Crippen LogP contribution >= 0.6 is 11.6 Å². The number of nitrogen functional groups attached to an aromatic ring is 1. The van der Waals surface area contributed by atoms with Crippen LogP contribution in [0.5, 0.6) is 5.75 Å². The number of hydrogen-bond acceptors (Lipinski definition) is 6.